The molecule has 0 saturated carbocycles. The van der Waals surface area contributed by atoms with E-state index < -0.39 is 0 Å². The zero-order chi connectivity index (χ0) is 15.5. The monoisotopic (exact) mass is 361 g/mol. The first-order chi connectivity index (χ1) is 11.4. The van der Waals surface area contributed by atoms with E-state index in [1.807, 2.05) is 22.3 Å². The van der Waals surface area contributed by atoms with Crippen LogP contribution in [0, 0.1) is 0 Å². The molecular formula is C15H15N5S3. The lowest BCUT2D eigenvalue weighted by molar-refractivity contribution is 0.829. The molecule has 2 aromatic heterocycles. The molecule has 0 saturated heterocycles. The van der Waals surface area contributed by atoms with Gasteiger partial charge < -0.3 is 0 Å². The summed E-state index contributed by atoms with van der Waals surface area (Å²) in [7, 11) is 0. The van der Waals surface area contributed by atoms with E-state index in [9.17, 15) is 0 Å². The number of aromatic nitrogens is 4. The molecule has 0 unspecified atom stereocenters. The van der Waals surface area contributed by atoms with E-state index in [2.05, 4.69) is 44.6 Å². The molecule has 0 N–H and O–H groups in total. The minimum Gasteiger partial charge on any atom is -0.271 e. The number of thioether (sulfide) groups is 2. The molecule has 23 heavy (non-hydrogen) atoms. The molecule has 3 aromatic rings. The number of rotatable bonds is 5. The maximum atomic E-state index is 4.68. The summed E-state index contributed by atoms with van der Waals surface area (Å²) in [5.41, 5.74) is 1.34. The molecule has 1 aliphatic heterocycles. The van der Waals surface area contributed by atoms with Crippen molar-refractivity contribution in [1.82, 2.24) is 19.8 Å². The Bertz CT molecular complexity index is 824. The molecule has 0 fully saturated rings. The fourth-order valence-electron chi connectivity index (χ4n) is 2.31. The molecule has 1 aliphatic rings. The average Bonchev–Trinajstić information content (AvgIpc) is 3.29. The van der Waals surface area contributed by atoms with Crippen LogP contribution in [0.5, 0.6) is 0 Å². The highest BCUT2D eigenvalue weighted by atomic mass is 32.2. The molecule has 5 nitrogen and oxygen atoms in total. The Morgan fingerprint density at radius 1 is 1.13 bits per heavy atom. The highest BCUT2D eigenvalue weighted by Gasteiger charge is 2.14. The lowest BCUT2D eigenvalue weighted by Crippen LogP contribution is -1.97. The Morgan fingerprint density at radius 2 is 2.04 bits per heavy atom. The van der Waals surface area contributed by atoms with Crippen LogP contribution in [0.4, 0.5) is 0 Å². The Kier molecular flexibility index (Phi) is 4.63. The van der Waals surface area contributed by atoms with Crippen LogP contribution < -0.4 is 0 Å². The molecule has 3 heterocycles. The second kappa shape index (κ2) is 7.02. The predicted molar refractivity (Wildman–Crippen MR) is 98.6 cm³/mol. The Balaban J connectivity index is 1.43. The average molecular weight is 362 g/mol. The van der Waals surface area contributed by atoms with Gasteiger partial charge in [0.05, 0.1) is 12.3 Å². The van der Waals surface area contributed by atoms with Crippen molar-refractivity contribution in [3.8, 4) is 0 Å². The van der Waals surface area contributed by atoms with E-state index in [0.29, 0.717) is 0 Å². The van der Waals surface area contributed by atoms with Gasteiger partial charge in [0.15, 0.2) is 5.82 Å². The zero-order valence-corrected chi connectivity index (χ0v) is 14.8. The number of hydrogen-bond donors (Lipinski definition) is 0. The summed E-state index contributed by atoms with van der Waals surface area (Å²) in [6, 6.07) is 10.5. The van der Waals surface area contributed by atoms with Gasteiger partial charge in [-0.15, -0.1) is 10.2 Å². The number of aryl methyl sites for hydroxylation is 2. The van der Waals surface area contributed by atoms with E-state index >= 15 is 0 Å². The third kappa shape index (κ3) is 3.59. The van der Waals surface area contributed by atoms with Crippen molar-refractivity contribution >= 4 is 44.2 Å². The standard InChI is InChI=1S/C15H15N5S3/c1-2-4-11(5-3-1)6-7-13-19-20-12(17-18-14(20)23-13)10-22-15-16-8-9-21-15/h1-5H,6-10H2. The van der Waals surface area contributed by atoms with E-state index in [0.717, 1.165) is 51.1 Å². The van der Waals surface area contributed by atoms with Gasteiger partial charge in [0.25, 0.3) is 0 Å². The van der Waals surface area contributed by atoms with Crippen LogP contribution in [0.15, 0.2) is 35.3 Å². The highest BCUT2D eigenvalue weighted by molar-refractivity contribution is 8.38. The van der Waals surface area contributed by atoms with E-state index in [1.165, 1.54) is 5.56 Å². The summed E-state index contributed by atoms with van der Waals surface area (Å²) in [4.78, 5) is 5.33. The second-order valence-corrected chi connectivity index (χ2v) is 8.42. The molecular weight excluding hydrogens is 346 g/mol. The summed E-state index contributed by atoms with van der Waals surface area (Å²) < 4.78 is 3.04. The van der Waals surface area contributed by atoms with Gasteiger partial charge in [-0.25, -0.2) is 0 Å². The quantitative estimate of drug-likeness (QED) is 0.698. The molecule has 118 valence electrons. The van der Waals surface area contributed by atoms with E-state index in [4.69, 9.17) is 0 Å². The summed E-state index contributed by atoms with van der Waals surface area (Å²) >= 11 is 5.18. The maximum Gasteiger partial charge on any atom is 0.234 e. The number of hydrogen-bond acceptors (Lipinski definition) is 7. The fourth-order valence-corrected chi connectivity index (χ4v) is 5.08. The summed E-state index contributed by atoms with van der Waals surface area (Å²) in [6.07, 6.45) is 1.94. The van der Waals surface area contributed by atoms with E-state index in [1.54, 1.807) is 23.1 Å². The molecule has 0 amide bonds. The first-order valence-electron chi connectivity index (χ1n) is 7.42. The first kappa shape index (κ1) is 15.2. The van der Waals surface area contributed by atoms with Crippen LogP contribution in [0.25, 0.3) is 4.96 Å². The highest BCUT2D eigenvalue weighted by Crippen LogP contribution is 2.25. The lowest BCUT2D eigenvalue weighted by Gasteiger charge is -1.98. The molecule has 0 spiro atoms. The number of aliphatic imine (C=N–C) groups is 1. The zero-order valence-electron chi connectivity index (χ0n) is 12.4. The van der Waals surface area contributed by atoms with Gasteiger partial charge in [-0.1, -0.05) is 65.2 Å². The normalized spacial score (nSPS) is 14.5. The van der Waals surface area contributed by atoms with Gasteiger partial charge in [-0.3, -0.25) is 4.99 Å². The van der Waals surface area contributed by atoms with Gasteiger partial charge in [0.2, 0.25) is 4.96 Å². The van der Waals surface area contributed by atoms with Crippen LogP contribution in [0.2, 0.25) is 0 Å². The third-order valence-electron chi connectivity index (χ3n) is 3.45. The Hall–Kier alpha value is -1.38. The first-order valence-corrected chi connectivity index (χ1v) is 10.2. The molecule has 0 aliphatic carbocycles. The van der Waals surface area contributed by atoms with Gasteiger partial charge in [0.1, 0.15) is 9.38 Å². The SMILES string of the molecule is c1ccc(CCc2nn3c(CSC4=NCCS4)nnc3s2)cc1. The van der Waals surface area contributed by atoms with Crippen molar-refractivity contribution in [2.24, 2.45) is 4.99 Å². The smallest absolute Gasteiger partial charge is 0.234 e. The van der Waals surface area contributed by atoms with Crippen molar-refractivity contribution < 1.29 is 0 Å². The Morgan fingerprint density at radius 3 is 2.87 bits per heavy atom. The molecule has 0 atom stereocenters. The van der Waals surface area contributed by atoms with Crippen molar-refractivity contribution in [2.75, 3.05) is 12.3 Å². The topological polar surface area (TPSA) is 55.4 Å². The van der Waals surface area contributed by atoms with Crippen molar-refractivity contribution in [1.29, 1.82) is 0 Å². The maximum absolute atomic E-state index is 4.68. The molecule has 0 bridgehead atoms. The minimum absolute atomic E-state index is 0.773. The predicted octanol–water partition coefficient (Wildman–Crippen LogP) is 3.31. The number of benzene rings is 1. The number of fused-ring (bicyclic) bond motifs is 1. The summed E-state index contributed by atoms with van der Waals surface area (Å²) in [5, 5.41) is 14.3. The van der Waals surface area contributed by atoms with E-state index in [-0.39, 0.29) is 0 Å². The fraction of sp³-hybridized carbons (Fsp3) is 0.333. The van der Waals surface area contributed by atoms with Crippen LogP contribution in [-0.4, -0.2) is 36.5 Å². The molecule has 4 rings (SSSR count). The van der Waals surface area contributed by atoms with Gasteiger partial charge in [-0.2, -0.15) is 9.61 Å². The van der Waals surface area contributed by atoms with Crippen LogP contribution in [-0.2, 0) is 18.6 Å². The summed E-state index contributed by atoms with van der Waals surface area (Å²) in [5.74, 6) is 2.77. The van der Waals surface area contributed by atoms with Crippen LogP contribution in [0.3, 0.4) is 0 Å². The lowest BCUT2D eigenvalue weighted by atomic mass is 10.1. The van der Waals surface area contributed by atoms with Gasteiger partial charge in [-0.05, 0) is 12.0 Å². The second-order valence-electron chi connectivity index (χ2n) is 5.08. The Labute approximate surface area is 146 Å². The summed E-state index contributed by atoms with van der Waals surface area (Å²) in [6.45, 7) is 0.933. The van der Waals surface area contributed by atoms with Gasteiger partial charge >= 0.3 is 0 Å². The van der Waals surface area contributed by atoms with Gasteiger partial charge in [0, 0.05) is 12.2 Å². The van der Waals surface area contributed by atoms with Crippen molar-refractivity contribution in [3.05, 3.63) is 46.7 Å². The van der Waals surface area contributed by atoms with Crippen molar-refractivity contribution in [3.63, 3.8) is 0 Å². The largest absolute Gasteiger partial charge is 0.271 e. The molecule has 1 aromatic carbocycles. The van der Waals surface area contributed by atoms with Crippen molar-refractivity contribution in [2.45, 2.75) is 18.6 Å². The third-order valence-corrected chi connectivity index (χ3v) is 6.66. The van der Waals surface area contributed by atoms with Crippen LogP contribution >= 0.6 is 34.9 Å². The minimum atomic E-state index is 0.773. The number of nitrogens with zero attached hydrogens (tertiary/aromatic N) is 5. The molecule has 8 heteroatoms. The molecule has 0 radical (unpaired) electrons. The van der Waals surface area contributed by atoms with Crippen LogP contribution in [0.1, 0.15) is 16.4 Å².